The Kier molecular flexibility index (Phi) is 4.78. The molecule has 3 rings (SSSR count). The minimum atomic E-state index is -0.218. The molecular weight excluding hydrogens is 293 g/mol. The van der Waals surface area contributed by atoms with Crippen LogP contribution in [0.5, 0.6) is 0 Å². The Balaban J connectivity index is 1.60. The van der Waals surface area contributed by atoms with Crippen LogP contribution in [0.3, 0.4) is 0 Å². The zero-order valence-corrected chi connectivity index (χ0v) is 12.9. The highest BCUT2D eigenvalue weighted by molar-refractivity contribution is 5.19. The predicted octanol–water partition coefficient (Wildman–Crippen LogP) is 3.65. The van der Waals surface area contributed by atoms with E-state index in [0.29, 0.717) is 30.2 Å². The Morgan fingerprint density at radius 1 is 1.09 bits per heavy atom. The molecule has 5 heteroatoms. The first-order valence-corrected chi connectivity index (χ1v) is 7.55. The van der Waals surface area contributed by atoms with Gasteiger partial charge in [-0.05, 0) is 18.6 Å². The summed E-state index contributed by atoms with van der Waals surface area (Å²) in [6, 6.07) is 16.5. The number of hydrogen-bond donors (Lipinski definition) is 1. The van der Waals surface area contributed by atoms with Crippen molar-refractivity contribution in [1.82, 2.24) is 15.5 Å². The van der Waals surface area contributed by atoms with Crippen molar-refractivity contribution in [3.8, 4) is 0 Å². The molecule has 0 aliphatic rings. The second-order valence-electron chi connectivity index (χ2n) is 5.40. The molecule has 0 spiro atoms. The van der Waals surface area contributed by atoms with Gasteiger partial charge in [-0.3, -0.25) is 0 Å². The minimum absolute atomic E-state index is 0.122. The number of rotatable bonds is 6. The van der Waals surface area contributed by atoms with E-state index < -0.39 is 0 Å². The van der Waals surface area contributed by atoms with Crippen molar-refractivity contribution in [2.24, 2.45) is 0 Å². The average molecular weight is 311 g/mol. The molecule has 0 radical (unpaired) electrons. The van der Waals surface area contributed by atoms with Crippen molar-refractivity contribution in [3.05, 3.63) is 83.3 Å². The summed E-state index contributed by atoms with van der Waals surface area (Å²) in [6.45, 7) is 2.34. The minimum Gasteiger partial charge on any atom is -0.339 e. The van der Waals surface area contributed by atoms with E-state index in [-0.39, 0.29) is 11.9 Å². The monoisotopic (exact) mass is 311 g/mol. The lowest BCUT2D eigenvalue weighted by Gasteiger charge is -2.10. The first-order chi connectivity index (χ1) is 11.2. The van der Waals surface area contributed by atoms with E-state index in [1.54, 1.807) is 12.1 Å². The third-order valence-corrected chi connectivity index (χ3v) is 3.63. The van der Waals surface area contributed by atoms with Crippen LogP contribution in [0.2, 0.25) is 0 Å². The maximum Gasteiger partial charge on any atom is 0.231 e. The van der Waals surface area contributed by atoms with Gasteiger partial charge in [0.2, 0.25) is 5.89 Å². The van der Waals surface area contributed by atoms with E-state index in [9.17, 15) is 4.39 Å². The Morgan fingerprint density at radius 3 is 2.61 bits per heavy atom. The highest BCUT2D eigenvalue weighted by Gasteiger charge is 2.14. The summed E-state index contributed by atoms with van der Waals surface area (Å²) in [4.78, 5) is 4.41. The molecule has 0 aliphatic heterocycles. The van der Waals surface area contributed by atoms with Gasteiger partial charge in [0.05, 0.1) is 12.5 Å². The lowest BCUT2D eigenvalue weighted by atomic mass is 10.1. The summed E-state index contributed by atoms with van der Waals surface area (Å²) in [6.07, 6.45) is 0.605. The van der Waals surface area contributed by atoms with Crippen LogP contribution in [-0.4, -0.2) is 10.1 Å². The molecule has 2 aromatic carbocycles. The lowest BCUT2D eigenvalue weighted by Crippen LogP contribution is -2.19. The average Bonchev–Trinajstić information content (AvgIpc) is 3.03. The number of hydrogen-bond acceptors (Lipinski definition) is 4. The van der Waals surface area contributed by atoms with Crippen LogP contribution in [0.15, 0.2) is 59.1 Å². The molecule has 3 aromatic rings. The van der Waals surface area contributed by atoms with Gasteiger partial charge < -0.3 is 9.84 Å². The molecule has 23 heavy (non-hydrogen) atoms. The molecule has 4 nitrogen and oxygen atoms in total. The molecule has 0 bridgehead atoms. The first kappa shape index (κ1) is 15.4. The van der Waals surface area contributed by atoms with Gasteiger partial charge >= 0.3 is 0 Å². The maximum atomic E-state index is 13.6. The van der Waals surface area contributed by atoms with Crippen molar-refractivity contribution < 1.29 is 8.91 Å². The van der Waals surface area contributed by atoms with E-state index in [2.05, 4.69) is 15.5 Å². The number of nitrogens with one attached hydrogen (secondary N) is 1. The van der Waals surface area contributed by atoms with Crippen molar-refractivity contribution in [3.63, 3.8) is 0 Å². The summed E-state index contributed by atoms with van der Waals surface area (Å²) in [5.41, 5.74) is 1.74. The largest absolute Gasteiger partial charge is 0.339 e. The Bertz CT molecular complexity index is 758. The van der Waals surface area contributed by atoms with Crippen LogP contribution in [0.4, 0.5) is 4.39 Å². The molecule has 0 unspecified atom stereocenters. The fourth-order valence-corrected chi connectivity index (χ4v) is 2.28. The number of nitrogens with zero attached hydrogens (tertiary/aromatic N) is 2. The zero-order valence-electron chi connectivity index (χ0n) is 12.9. The lowest BCUT2D eigenvalue weighted by molar-refractivity contribution is 0.372. The van der Waals surface area contributed by atoms with Crippen LogP contribution >= 0.6 is 0 Å². The quantitative estimate of drug-likeness (QED) is 0.755. The van der Waals surface area contributed by atoms with Crippen molar-refractivity contribution in [2.75, 3.05) is 0 Å². The zero-order chi connectivity index (χ0) is 16.1. The molecule has 0 amide bonds. The second kappa shape index (κ2) is 7.15. The van der Waals surface area contributed by atoms with E-state index in [4.69, 9.17) is 4.52 Å². The molecule has 1 aromatic heterocycles. The van der Waals surface area contributed by atoms with E-state index in [0.717, 1.165) is 5.56 Å². The Hall–Kier alpha value is -2.53. The van der Waals surface area contributed by atoms with E-state index >= 15 is 0 Å². The van der Waals surface area contributed by atoms with Crippen molar-refractivity contribution in [1.29, 1.82) is 0 Å². The highest BCUT2D eigenvalue weighted by atomic mass is 19.1. The molecule has 1 atom stereocenters. The summed E-state index contributed by atoms with van der Waals surface area (Å²) < 4.78 is 18.9. The summed E-state index contributed by atoms with van der Waals surface area (Å²) in [5.74, 6) is 0.933. The second-order valence-corrected chi connectivity index (χ2v) is 5.40. The summed E-state index contributed by atoms with van der Waals surface area (Å²) >= 11 is 0. The van der Waals surface area contributed by atoms with Gasteiger partial charge in [-0.2, -0.15) is 4.98 Å². The number of benzene rings is 2. The van der Waals surface area contributed by atoms with E-state index in [1.807, 2.05) is 43.3 Å². The van der Waals surface area contributed by atoms with Crippen molar-refractivity contribution in [2.45, 2.75) is 25.9 Å². The fourth-order valence-electron chi connectivity index (χ4n) is 2.28. The molecule has 0 saturated heterocycles. The van der Waals surface area contributed by atoms with Gasteiger partial charge in [0.25, 0.3) is 0 Å². The molecule has 0 aliphatic carbocycles. The molecule has 0 saturated carbocycles. The third-order valence-electron chi connectivity index (χ3n) is 3.63. The predicted molar refractivity (Wildman–Crippen MR) is 85.2 cm³/mol. The van der Waals surface area contributed by atoms with Crippen LogP contribution in [0.1, 0.15) is 35.8 Å². The van der Waals surface area contributed by atoms with Gasteiger partial charge in [0.15, 0.2) is 5.82 Å². The van der Waals surface area contributed by atoms with Crippen LogP contribution in [-0.2, 0) is 13.0 Å². The van der Waals surface area contributed by atoms with Crippen LogP contribution in [0, 0.1) is 5.82 Å². The van der Waals surface area contributed by atoms with Gasteiger partial charge in [-0.15, -0.1) is 0 Å². The standard InChI is InChI=1S/C18H18FN3O/c1-13(20-12-15-9-5-6-10-16(15)19)18-21-17(23-22-18)11-14-7-3-2-4-8-14/h2-10,13,20H,11-12H2,1H3/t13-/m1/s1. The summed E-state index contributed by atoms with van der Waals surface area (Å²) in [7, 11) is 0. The van der Waals surface area contributed by atoms with Gasteiger partial charge in [0.1, 0.15) is 5.82 Å². The highest BCUT2D eigenvalue weighted by Crippen LogP contribution is 2.13. The third kappa shape index (κ3) is 4.02. The van der Waals surface area contributed by atoms with Crippen molar-refractivity contribution >= 4 is 0 Å². The maximum absolute atomic E-state index is 13.6. The Morgan fingerprint density at radius 2 is 1.83 bits per heavy atom. The molecule has 118 valence electrons. The normalized spacial score (nSPS) is 12.3. The van der Waals surface area contributed by atoms with Gasteiger partial charge in [-0.25, -0.2) is 4.39 Å². The number of aromatic nitrogens is 2. The molecule has 1 heterocycles. The smallest absolute Gasteiger partial charge is 0.231 e. The molecule has 1 N–H and O–H groups in total. The van der Waals surface area contributed by atoms with E-state index in [1.165, 1.54) is 6.07 Å². The molecule has 0 fully saturated rings. The topological polar surface area (TPSA) is 51.0 Å². The van der Waals surface area contributed by atoms with Gasteiger partial charge in [0, 0.05) is 12.1 Å². The van der Waals surface area contributed by atoms with Crippen LogP contribution in [0.25, 0.3) is 0 Å². The fraction of sp³-hybridized carbons (Fsp3) is 0.222. The number of halogens is 1. The van der Waals surface area contributed by atoms with Gasteiger partial charge in [-0.1, -0.05) is 53.7 Å². The first-order valence-electron chi connectivity index (χ1n) is 7.55. The SMILES string of the molecule is C[C@@H](NCc1ccccc1F)c1noc(Cc2ccccc2)n1. The summed E-state index contributed by atoms with van der Waals surface area (Å²) in [5, 5.41) is 7.21. The molecular formula is C18H18FN3O. The van der Waals surface area contributed by atoms with Crippen LogP contribution < -0.4 is 5.32 Å². The Labute approximate surface area is 134 Å².